The second kappa shape index (κ2) is 7.29. The van der Waals surface area contributed by atoms with E-state index in [2.05, 4.69) is 4.72 Å². The Hall–Kier alpha value is -1.64. The number of halogens is 1. The van der Waals surface area contributed by atoms with Gasteiger partial charge in [-0.15, -0.1) is 0 Å². The van der Waals surface area contributed by atoms with Crippen molar-refractivity contribution in [3.63, 3.8) is 0 Å². The summed E-state index contributed by atoms with van der Waals surface area (Å²) < 4.78 is 26.7. The highest BCUT2D eigenvalue weighted by Crippen LogP contribution is 2.19. The number of hydrogen-bond donors (Lipinski definition) is 1. The minimum atomic E-state index is -3.77. The summed E-state index contributed by atoms with van der Waals surface area (Å²) in [4.78, 5) is 25.9. The summed E-state index contributed by atoms with van der Waals surface area (Å²) in [6.07, 6.45) is 0.743. The number of hydrogen-bond acceptors (Lipinski definition) is 4. The maximum Gasteiger partial charge on any atom is 0.241 e. The van der Waals surface area contributed by atoms with E-state index < -0.39 is 10.0 Å². The van der Waals surface area contributed by atoms with Crippen molar-refractivity contribution in [2.24, 2.45) is 0 Å². The van der Waals surface area contributed by atoms with Gasteiger partial charge in [0.15, 0.2) is 0 Å². The number of aryl methyl sites for hydroxylation is 1. The van der Waals surface area contributed by atoms with Gasteiger partial charge in [-0.2, -0.15) is 0 Å². The van der Waals surface area contributed by atoms with Crippen LogP contribution in [0.25, 0.3) is 0 Å². The predicted molar refractivity (Wildman–Crippen MR) is 85.6 cm³/mol. The van der Waals surface area contributed by atoms with Gasteiger partial charge in [0.1, 0.15) is 0 Å². The largest absolute Gasteiger partial charge is 0.342 e. The van der Waals surface area contributed by atoms with Gasteiger partial charge in [-0.05, 0) is 30.7 Å². The lowest BCUT2D eigenvalue weighted by molar-refractivity contribution is -0.134. The molecule has 9 heteroatoms. The lowest BCUT2D eigenvalue weighted by Gasteiger charge is -2.32. The zero-order valence-corrected chi connectivity index (χ0v) is 14.2. The summed E-state index contributed by atoms with van der Waals surface area (Å²) in [6, 6.07) is 4.36. The summed E-state index contributed by atoms with van der Waals surface area (Å²) in [7, 11) is -3.77. The minimum absolute atomic E-state index is 0.0676. The Morgan fingerprint density at radius 2 is 1.96 bits per heavy atom. The van der Waals surface area contributed by atoms with Crippen molar-refractivity contribution in [2.45, 2.75) is 11.8 Å². The summed E-state index contributed by atoms with van der Waals surface area (Å²) in [6.45, 7) is 3.11. The van der Waals surface area contributed by atoms with Gasteiger partial charge < -0.3 is 9.80 Å². The van der Waals surface area contributed by atoms with E-state index in [4.69, 9.17) is 11.6 Å². The number of carbonyl (C=O) groups is 2. The third-order valence-corrected chi connectivity index (χ3v) is 5.49. The Labute approximate surface area is 140 Å². The van der Waals surface area contributed by atoms with Crippen LogP contribution in [0.2, 0.25) is 5.02 Å². The number of sulfonamides is 1. The number of piperazine rings is 1. The molecule has 2 rings (SSSR count). The Morgan fingerprint density at radius 3 is 2.52 bits per heavy atom. The van der Waals surface area contributed by atoms with Crippen molar-refractivity contribution >= 4 is 33.9 Å². The van der Waals surface area contributed by atoms with Crippen molar-refractivity contribution in [3.8, 4) is 0 Å². The molecule has 1 N–H and O–H groups in total. The third kappa shape index (κ3) is 4.43. The summed E-state index contributed by atoms with van der Waals surface area (Å²) >= 11 is 5.88. The second-order valence-corrected chi connectivity index (χ2v) is 7.43. The molecule has 1 fully saturated rings. The molecule has 23 heavy (non-hydrogen) atoms. The quantitative estimate of drug-likeness (QED) is 0.762. The summed E-state index contributed by atoms with van der Waals surface area (Å²) in [5, 5.41) is 0.480. The normalized spacial score (nSPS) is 15.6. The molecular weight excluding hydrogens is 342 g/mol. The second-order valence-electron chi connectivity index (χ2n) is 5.26. The highest BCUT2D eigenvalue weighted by atomic mass is 35.5. The molecule has 0 radical (unpaired) electrons. The first-order valence-corrected chi connectivity index (χ1v) is 8.92. The molecule has 1 aromatic carbocycles. The van der Waals surface area contributed by atoms with Gasteiger partial charge in [0.25, 0.3) is 0 Å². The average molecular weight is 360 g/mol. The molecule has 0 atom stereocenters. The third-order valence-electron chi connectivity index (χ3n) is 3.67. The number of rotatable bonds is 5. The van der Waals surface area contributed by atoms with Crippen LogP contribution >= 0.6 is 11.6 Å². The first kappa shape index (κ1) is 17.7. The Balaban J connectivity index is 1.95. The van der Waals surface area contributed by atoms with Crippen molar-refractivity contribution in [2.75, 3.05) is 32.7 Å². The molecule has 0 saturated carbocycles. The molecule has 2 amide bonds. The van der Waals surface area contributed by atoms with Gasteiger partial charge in [-0.25, -0.2) is 13.1 Å². The van der Waals surface area contributed by atoms with Crippen LogP contribution in [0.4, 0.5) is 0 Å². The number of nitrogens with zero attached hydrogens (tertiary/aromatic N) is 2. The van der Waals surface area contributed by atoms with Crippen LogP contribution in [-0.2, 0) is 19.6 Å². The molecule has 0 aliphatic carbocycles. The van der Waals surface area contributed by atoms with Crippen LogP contribution in [0.5, 0.6) is 0 Å². The smallest absolute Gasteiger partial charge is 0.241 e. The number of nitrogens with one attached hydrogen (secondary N) is 1. The van der Waals surface area contributed by atoms with Gasteiger partial charge in [0.05, 0.1) is 11.4 Å². The predicted octanol–water partition coefficient (Wildman–Crippen LogP) is 0.227. The highest BCUT2D eigenvalue weighted by Gasteiger charge is 2.22. The van der Waals surface area contributed by atoms with Crippen LogP contribution in [0, 0.1) is 6.92 Å². The molecule has 0 aromatic heterocycles. The van der Waals surface area contributed by atoms with Crippen LogP contribution in [-0.4, -0.2) is 63.3 Å². The molecule has 1 aliphatic heterocycles. The fourth-order valence-electron chi connectivity index (χ4n) is 2.21. The van der Waals surface area contributed by atoms with Crippen molar-refractivity contribution in [1.82, 2.24) is 14.5 Å². The van der Waals surface area contributed by atoms with Gasteiger partial charge in [-0.1, -0.05) is 11.6 Å². The van der Waals surface area contributed by atoms with Gasteiger partial charge in [0, 0.05) is 31.2 Å². The van der Waals surface area contributed by atoms with E-state index in [1.54, 1.807) is 11.8 Å². The fraction of sp³-hybridized carbons (Fsp3) is 0.429. The Bertz CT molecular complexity index is 700. The standard InChI is InChI=1S/C14H18ClN3O4S/c1-11-8-12(2-3-13(11)15)23(21,22)16-9-14(20)18-6-4-17(10-19)5-7-18/h2-3,8,10,16H,4-7,9H2,1H3. The molecule has 126 valence electrons. The van der Waals surface area contributed by atoms with Gasteiger partial charge in [0.2, 0.25) is 22.3 Å². The van der Waals surface area contributed by atoms with Crippen molar-refractivity contribution in [3.05, 3.63) is 28.8 Å². The van der Waals surface area contributed by atoms with Gasteiger partial charge >= 0.3 is 0 Å². The summed E-state index contributed by atoms with van der Waals surface area (Å²) in [5.41, 5.74) is 0.644. The molecule has 0 unspecified atom stereocenters. The first-order chi connectivity index (χ1) is 10.8. The van der Waals surface area contributed by atoms with Crippen LogP contribution in [0.3, 0.4) is 0 Å². The van der Waals surface area contributed by atoms with Gasteiger partial charge in [-0.3, -0.25) is 9.59 Å². The lowest BCUT2D eigenvalue weighted by atomic mass is 10.2. The maximum atomic E-state index is 12.2. The average Bonchev–Trinajstić information content (AvgIpc) is 2.55. The molecule has 0 spiro atoms. The van der Waals surface area contributed by atoms with E-state index in [0.717, 1.165) is 6.41 Å². The Kier molecular flexibility index (Phi) is 5.61. The summed E-state index contributed by atoms with van der Waals surface area (Å²) in [5.74, 6) is -0.315. The SMILES string of the molecule is Cc1cc(S(=O)(=O)NCC(=O)N2CCN(C=O)CC2)ccc1Cl. The zero-order valence-electron chi connectivity index (χ0n) is 12.7. The first-order valence-electron chi connectivity index (χ1n) is 7.06. The van der Waals surface area contributed by atoms with Crippen LogP contribution in [0.1, 0.15) is 5.56 Å². The maximum absolute atomic E-state index is 12.2. The molecule has 1 saturated heterocycles. The number of amides is 2. The fourth-order valence-corrected chi connectivity index (χ4v) is 3.39. The van der Waals surface area contributed by atoms with Crippen molar-refractivity contribution < 1.29 is 18.0 Å². The van der Waals surface area contributed by atoms with Crippen LogP contribution in [0.15, 0.2) is 23.1 Å². The van der Waals surface area contributed by atoms with E-state index in [0.29, 0.717) is 36.8 Å². The lowest BCUT2D eigenvalue weighted by Crippen LogP contribution is -2.50. The molecule has 1 heterocycles. The van der Waals surface area contributed by atoms with Crippen LogP contribution < -0.4 is 4.72 Å². The number of benzene rings is 1. The van der Waals surface area contributed by atoms with E-state index in [9.17, 15) is 18.0 Å². The van der Waals surface area contributed by atoms with Crippen molar-refractivity contribution in [1.29, 1.82) is 0 Å². The van der Waals surface area contributed by atoms with E-state index in [-0.39, 0.29) is 17.3 Å². The number of carbonyl (C=O) groups excluding carboxylic acids is 2. The molecular formula is C14H18ClN3O4S. The minimum Gasteiger partial charge on any atom is -0.342 e. The zero-order chi connectivity index (χ0) is 17.0. The highest BCUT2D eigenvalue weighted by molar-refractivity contribution is 7.89. The van der Waals surface area contributed by atoms with E-state index in [1.807, 2.05) is 0 Å². The van der Waals surface area contributed by atoms with E-state index in [1.165, 1.54) is 23.1 Å². The Morgan fingerprint density at radius 1 is 1.30 bits per heavy atom. The monoisotopic (exact) mass is 359 g/mol. The van der Waals surface area contributed by atoms with E-state index >= 15 is 0 Å². The topological polar surface area (TPSA) is 86.8 Å². The molecule has 1 aliphatic rings. The molecule has 0 bridgehead atoms. The molecule has 7 nitrogen and oxygen atoms in total. The molecule has 1 aromatic rings.